The van der Waals surface area contributed by atoms with Gasteiger partial charge in [-0.05, 0) is 13.3 Å². The molecule has 0 unspecified atom stereocenters. The van der Waals surface area contributed by atoms with Crippen LogP contribution >= 0.6 is 23.1 Å². The molecule has 6 atom stereocenters. The first kappa shape index (κ1) is 26.8. The van der Waals surface area contributed by atoms with Crippen molar-refractivity contribution in [3.63, 3.8) is 0 Å². The number of carboxylic acid groups (broad SMARTS) is 1. The number of carbonyl (C=O) groups excluding carboxylic acids is 2. The van der Waals surface area contributed by atoms with Crippen LogP contribution in [0, 0.1) is 18.8 Å². The molecule has 38 heavy (non-hydrogen) atoms. The summed E-state index contributed by atoms with van der Waals surface area (Å²) in [5.41, 5.74) is 0.00962. The SMILES string of the molecule is C=CCOC(=O)N1C[C@@H](SC2=C(C(=O)O)N3C(=O)[C@H]([C@@H](C)O)[C@H]3[C@H]2C)C[C@H]1Cc1cn2c(C)[n+](C)cc2s1. The van der Waals surface area contributed by atoms with Crippen molar-refractivity contribution in [2.24, 2.45) is 18.9 Å². The van der Waals surface area contributed by atoms with Crippen molar-refractivity contribution < 1.29 is 33.9 Å². The number of carboxylic acids is 1. The third kappa shape index (κ3) is 4.32. The van der Waals surface area contributed by atoms with E-state index in [1.165, 1.54) is 22.7 Å². The summed E-state index contributed by atoms with van der Waals surface area (Å²) in [5, 5.41) is 20.1. The van der Waals surface area contributed by atoms with Crippen LogP contribution in [0.25, 0.3) is 4.83 Å². The van der Waals surface area contributed by atoms with Gasteiger partial charge in [0.15, 0.2) is 0 Å². The Hall–Kier alpha value is -2.83. The zero-order valence-corrected chi connectivity index (χ0v) is 23.5. The predicted molar refractivity (Wildman–Crippen MR) is 143 cm³/mol. The number of fused-ring (bicyclic) bond motifs is 2. The number of aryl methyl sites for hydroxylation is 2. The fraction of sp³-hybridized carbons (Fsp3) is 0.538. The molecule has 0 aromatic carbocycles. The molecule has 0 spiro atoms. The molecule has 5 heterocycles. The van der Waals surface area contributed by atoms with Gasteiger partial charge in [0.1, 0.15) is 24.7 Å². The summed E-state index contributed by atoms with van der Waals surface area (Å²) >= 11 is 3.13. The molecule has 2 N–H and O–H groups in total. The van der Waals surface area contributed by atoms with Crippen molar-refractivity contribution >= 4 is 45.9 Å². The molecular weight excluding hydrogens is 528 g/mol. The van der Waals surface area contributed by atoms with E-state index in [-0.39, 0.29) is 41.5 Å². The Bertz CT molecular complexity index is 1350. The molecule has 2 saturated heterocycles. The lowest BCUT2D eigenvalue weighted by molar-refractivity contribution is -0.676. The normalized spacial score (nSPS) is 27.6. The van der Waals surface area contributed by atoms with E-state index in [2.05, 4.69) is 34.9 Å². The van der Waals surface area contributed by atoms with Gasteiger partial charge in [-0.3, -0.25) is 4.79 Å². The van der Waals surface area contributed by atoms with Gasteiger partial charge < -0.3 is 24.7 Å². The largest absolute Gasteiger partial charge is 0.477 e. The minimum Gasteiger partial charge on any atom is -0.477 e. The zero-order chi connectivity index (χ0) is 27.5. The number of thioether (sulfide) groups is 1. The van der Waals surface area contributed by atoms with Crippen molar-refractivity contribution in [3.8, 4) is 0 Å². The van der Waals surface area contributed by atoms with Crippen LogP contribution in [0.4, 0.5) is 4.79 Å². The monoisotopic (exact) mass is 561 g/mol. The number of amides is 2. The zero-order valence-electron chi connectivity index (χ0n) is 21.9. The van der Waals surface area contributed by atoms with Crippen molar-refractivity contribution in [2.45, 2.75) is 57.1 Å². The molecule has 3 aliphatic heterocycles. The van der Waals surface area contributed by atoms with Gasteiger partial charge in [-0.15, -0.1) is 11.8 Å². The third-order valence-corrected chi connectivity index (χ3v) is 10.4. The maximum atomic E-state index is 13.0. The second kappa shape index (κ2) is 10.0. The Morgan fingerprint density at radius 1 is 1.42 bits per heavy atom. The smallest absolute Gasteiger partial charge is 0.410 e. The van der Waals surface area contributed by atoms with Gasteiger partial charge in [0.05, 0.1) is 30.0 Å². The Kier molecular flexibility index (Phi) is 7.08. The number of carbonyl (C=O) groups is 3. The number of aromatic nitrogens is 2. The summed E-state index contributed by atoms with van der Waals surface area (Å²) in [6.45, 7) is 9.68. The maximum Gasteiger partial charge on any atom is 0.410 e. The average molecular weight is 562 g/mol. The highest BCUT2D eigenvalue weighted by Gasteiger charge is 2.60. The molecule has 204 valence electrons. The van der Waals surface area contributed by atoms with E-state index in [0.29, 0.717) is 24.3 Å². The fourth-order valence-corrected chi connectivity index (χ4v) is 8.72. The third-order valence-electron chi connectivity index (χ3n) is 7.89. The van der Waals surface area contributed by atoms with Crippen LogP contribution in [0.1, 0.15) is 31.0 Å². The van der Waals surface area contributed by atoms with Crippen LogP contribution < -0.4 is 4.57 Å². The molecule has 0 aliphatic carbocycles. The number of thiazole rings is 1. The van der Waals surface area contributed by atoms with E-state index in [9.17, 15) is 24.6 Å². The number of rotatable bonds is 8. The van der Waals surface area contributed by atoms with Crippen molar-refractivity contribution in [3.05, 3.63) is 46.4 Å². The Morgan fingerprint density at radius 2 is 2.16 bits per heavy atom. The Balaban J connectivity index is 1.38. The van der Waals surface area contributed by atoms with Crippen LogP contribution in [0.2, 0.25) is 0 Å². The molecule has 10 nitrogen and oxygen atoms in total. The average Bonchev–Trinajstić information content (AvgIpc) is 3.56. The highest BCUT2D eigenvalue weighted by molar-refractivity contribution is 8.03. The number of ether oxygens (including phenoxy) is 1. The minimum atomic E-state index is -1.14. The topological polar surface area (TPSA) is 116 Å². The van der Waals surface area contributed by atoms with Crippen LogP contribution in [-0.2, 0) is 27.8 Å². The van der Waals surface area contributed by atoms with Gasteiger partial charge in [-0.2, -0.15) is 4.40 Å². The first-order valence-electron chi connectivity index (χ1n) is 12.7. The van der Waals surface area contributed by atoms with E-state index < -0.39 is 24.1 Å². The number of hydrogen-bond acceptors (Lipinski definition) is 7. The summed E-state index contributed by atoms with van der Waals surface area (Å²) in [6.07, 6.45) is 5.79. The number of imidazole rings is 1. The first-order valence-corrected chi connectivity index (χ1v) is 14.4. The molecule has 5 rings (SSSR count). The van der Waals surface area contributed by atoms with Crippen LogP contribution in [0.3, 0.4) is 0 Å². The first-order chi connectivity index (χ1) is 18.0. The van der Waals surface area contributed by atoms with E-state index in [0.717, 1.165) is 15.5 Å². The van der Waals surface area contributed by atoms with E-state index >= 15 is 0 Å². The quantitative estimate of drug-likeness (QED) is 0.289. The number of nitrogens with zero attached hydrogens (tertiary/aromatic N) is 4. The molecule has 0 bridgehead atoms. The minimum absolute atomic E-state index is 0.00962. The Morgan fingerprint density at radius 3 is 2.79 bits per heavy atom. The molecule has 2 fully saturated rings. The summed E-state index contributed by atoms with van der Waals surface area (Å²) in [7, 11) is 2.01. The van der Waals surface area contributed by atoms with Crippen molar-refractivity contribution in [1.29, 1.82) is 0 Å². The van der Waals surface area contributed by atoms with E-state index in [1.54, 1.807) is 23.2 Å². The Labute approximate surface area is 229 Å². The van der Waals surface area contributed by atoms with E-state index in [1.807, 2.05) is 14.0 Å². The second-order valence-corrected chi connectivity index (χ2v) is 12.8. The highest BCUT2D eigenvalue weighted by Crippen LogP contribution is 2.52. The number of aliphatic hydroxyl groups is 1. The van der Waals surface area contributed by atoms with Gasteiger partial charge >= 0.3 is 12.1 Å². The molecule has 0 saturated carbocycles. The van der Waals surface area contributed by atoms with Crippen LogP contribution in [0.15, 0.2) is 35.7 Å². The molecule has 2 aromatic heterocycles. The second-order valence-electron chi connectivity index (χ2n) is 10.3. The number of likely N-dealkylation sites (tertiary alicyclic amines) is 1. The maximum absolute atomic E-state index is 13.0. The number of aliphatic hydroxyl groups excluding tert-OH is 1. The van der Waals surface area contributed by atoms with Crippen LogP contribution in [0.5, 0.6) is 0 Å². The predicted octanol–water partition coefficient (Wildman–Crippen LogP) is 2.33. The number of β-lactam (4-membered cyclic amide) rings is 1. The molecular formula is C26H33N4O6S2+. The van der Waals surface area contributed by atoms with Gasteiger partial charge in [0, 0.05) is 42.0 Å². The van der Waals surface area contributed by atoms with Gasteiger partial charge in [0.25, 0.3) is 5.82 Å². The van der Waals surface area contributed by atoms with Crippen molar-refractivity contribution in [1.82, 2.24) is 14.2 Å². The molecule has 12 heteroatoms. The van der Waals surface area contributed by atoms with E-state index in [4.69, 9.17) is 4.74 Å². The highest BCUT2D eigenvalue weighted by atomic mass is 32.2. The summed E-state index contributed by atoms with van der Waals surface area (Å²) < 4.78 is 9.60. The summed E-state index contributed by atoms with van der Waals surface area (Å²) in [5.74, 6) is -1.20. The molecule has 3 aliphatic rings. The summed E-state index contributed by atoms with van der Waals surface area (Å²) in [4.78, 5) is 43.9. The molecule has 0 radical (unpaired) electrons. The van der Waals surface area contributed by atoms with Gasteiger partial charge in [-0.1, -0.05) is 30.9 Å². The number of hydrogen-bond donors (Lipinski definition) is 2. The van der Waals surface area contributed by atoms with Crippen LogP contribution in [-0.4, -0.2) is 79.0 Å². The lowest BCUT2D eigenvalue weighted by Crippen LogP contribution is -2.63. The standard InChI is InChI=1S/C26H32N4O6S2/c1-6-7-36-26(35)29-11-18(9-16(29)8-17-10-28-15(4)27(5)12-19(28)37-17)38-23-13(2)21-20(14(3)31)24(32)30(21)22(23)25(33)34/h6,10,12-14,16,18,20-21,31H,1,7-9,11H2,2-5H3/p+1/t13-,14-,16-,18+,20-,21-/m1/s1. The lowest BCUT2D eigenvalue weighted by atomic mass is 9.79. The molecule has 2 aromatic rings. The number of aliphatic carboxylic acids is 1. The van der Waals surface area contributed by atoms with Gasteiger partial charge in [-0.25, -0.2) is 14.2 Å². The van der Waals surface area contributed by atoms with Crippen molar-refractivity contribution in [2.75, 3.05) is 13.2 Å². The molecule has 2 amide bonds. The van der Waals surface area contributed by atoms with Gasteiger partial charge in [0.2, 0.25) is 10.7 Å². The summed E-state index contributed by atoms with van der Waals surface area (Å²) in [6, 6.07) is -0.474. The fourth-order valence-electron chi connectivity index (χ4n) is 5.96. The lowest BCUT2D eigenvalue weighted by Gasteiger charge is -2.46.